The zero-order chi connectivity index (χ0) is 19.3. The van der Waals surface area contributed by atoms with E-state index in [1.54, 1.807) is 12.1 Å². The van der Waals surface area contributed by atoms with Crippen LogP contribution in [0.2, 0.25) is 0 Å². The molecular formula is C16H15NO8S. The number of nitrogens with zero attached hydrogens (tertiary/aromatic N) is 1. The Morgan fingerprint density at radius 1 is 1.23 bits per heavy atom. The highest BCUT2D eigenvalue weighted by Crippen LogP contribution is 2.34. The molecule has 0 aliphatic carbocycles. The number of rotatable bonds is 7. The topological polar surface area (TPSA) is 119 Å². The molecule has 138 valence electrons. The van der Waals surface area contributed by atoms with Crippen LogP contribution in [-0.4, -0.2) is 60.5 Å². The lowest BCUT2D eigenvalue weighted by atomic mass is 10.2. The highest BCUT2D eigenvalue weighted by atomic mass is 32.2. The summed E-state index contributed by atoms with van der Waals surface area (Å²) in [6.07, 6.45) is 1.44. The van der Waals surface area contributed by atoms with Gasteiger partial charge in [0.2, 0.25) is 0 Å². The van der Waals surface area contributed by atoms with Crippen LogP contribution in [0.3, 0.4) is 0 Å². The number of esters is 1. The van der Waals surface area contributed by atoms with Crippen LogP contribution in [0.4, 0.5) is 4.79 Å². The van der Waals surface area contributed by atoms with E-state index < -0.39 is 29.6 Å². The largest absolute Gasteiger partial charge is 0.493 e. The third kappa shape index (κ3) is 4.54. The number of methoxy groups -OCH3 is 2. The van der Waals surface area contributed by atoms with Crippen LogP contribution >= 0.6 is 11.8 Å². The molecule has 1 fully saturated rings. The number of carboxylic acids is 1. The Labute approximate surface area is 152 Å². The molecule has 1 saturated heterocycles. The van der Waals surface area contributed by atoms with Gasteiger partial charge in [-0.2, -0.15) is 0 Å². The van der Waals surface area contributed by atoms with Crippen LogP contribution < -0.4 is 9.47 Å². The van der Waals surface area contributed by atoms with Gasteiger partial charge in [0.15, 0.2) is 18.1 Å². The first-order valence-corrected chi connectivity index (χ1v) is 8.02. The second kappa shape index (κ2) is 8.39. The van der Waals surface area contributed by atoms with Crippen molar-refractivity contribution in [2.45, 2.75) is 0 Å². The Balaban J connectivity index is 2.20. The predicted octanol–water partition coefficient (Wildman–Crippen LogP) is 1.37. The maximum atomic E-state index is 12.1. The number of thioether (sulfide) groups is 1. The minimum Gasteiger partial charge on any atom is -0.493 e. The average Bonchev–Trinajstić information content (AvgIpc) is 2.87. The highest BCUT2D eigenvalue weighted by molar-refractivity contribution is 8.18. The number of aliphatic carboxylic acids is 1. The number of hydrogen-bond acceptors (Lipinski definition) is 8. The number of carbonyl (C=O) groups is 4. The predicted molar refractivity (Wildman–Crippen MR) is 90.8 cm³/mol. The van der Waals surface area contributed by atoms with E-state index in [0.29, 0.717) is 33.7 Å². The lowest BCUT2D eigenvalue weighted by molar-refractivity contribution is -0.143. The number of ether oxygens (including phenoxy) is 3. The van der Waals surface area contributed by atoms with Gasteiger partial charge in [-0.1, -0.05) is 6.07 Å². The Kier molecular flexibility index (Phi) is 6.23. The smallest absolute Gasteiger partial charge is 0.343 e. The van der Waals surface area contributed by atoms with Gasteiger partial charge < -0.3 is 19.3 Å². The molecule has 1 N–H and O–H groups in total. The van der Waals surface area contributed by atoms with Crippen molar-refractivity contribution in [1.29, 1.82) is 0 Å². The van der Waals surface area contributed by atoms with Crippen LogP contribution in [0.25, 0.3) is 6.08 Å². The second-order valence-corrected chi connectivity index (χ2v) is 5.93. The average molecular weight is 381 g/mol. The summed E-state index contributed by atoms with van der Waals surface area (Å²) in [6, 6.07) is 4.69. The number of benzene rings is 1. The van der Waals surface area contributed by atoms with Crippen LogP contribution in [-0.2, 0) is 19.1 Å². The van der Waals surface area contributed by atoms with Gasteiger partial charge in [-0.25, -0.2) is 4.79 Å². The number of carboxylic acid groups (broad SMARTS) is 1. The SMILES string of the molecule is COC(=O)COc1ccc(/C=C2/SC(=O)N(CC(=O)O)C2=O)cc1OC. The summed E-state index contributed by atoms with van der Waals surface area (Å²) >= 11 is 0.655. The van der Waals surface area contributed by atoms with Gasteiger partial charge in [0.1, 0.15) is 6.54 Å². The number of carbonyl (C=O) groups excluding carboxylic acids is 3. The first-order valence-electron chi connectivity index (χ1n) is 7.20. The molecule has 0 bridgehead atoms. The molecule has 2 rings (SSSR count). The molecule has 0 spiro atoms. The first-order chi connectivity index (χ1) is 12.3. The van der Waals surface area contributed by atoms with Crippen LogP contribution in [0, 0.1) is 0 Å². The van der Waals surface area contributed by atoms with Crippen LogP contribution in [0.1, 0.15) is 5.56 Å². The summed E-state index contributed by atoms with van der Waals surface area (Å²) in [7, 11) is 2.65. The van der Waals surface area contributed by atoms with E-state index in [2.05, 4.69) is 4.74 Å². The molecule has 1 aliphatic rings. The molecule has 0 unspecified atom stereocenters. The molecule has 1 aromatic carbocycles. The van der Waals surface area contributed by atoms with E-state index in [9.17, 15) is 19.2 Å². The number of amides is 2. The molecule has 9 nitrogen and oxygen atoms in total. The zero-order valence-electron chi connectivity index (χ0n) is 13.9. The fourth-order valence-electron chi connectivity index (χ4n) is 2.01. The van der Waals surface area contributed by atoms with Gasteiger partial charge in [0.25, 0.3) is 11.1 Å². The fraction of sp³-hybridized carbons (Fsp3) is 0.250. The maximum Gasteiger partial charge on any atom is 0.343 e. The van der Waals surface area contributed by atoms with Gasteiger partial charge in [0, 0.05) is 0 Å². The molecule has 0 radical (unpaired) electrons. The minimum absolute atomic E-state index is 0.0986. The molecule has 10 heteroatoms. The molecule has 0 aromatic heterocycles. The van der Waals surface area contributed by atoms with Crippen molar-refractivity contribution in [1.82, 2.24) is 4.90 Å². The van der Waals surface area contributed by atoms with Crippen molar-refractivity contribution in [2.75, 3.05) is 27.4 Å². The number of imide groups is 1. The summed E-state index contributed by atoms with van der Waals surface area (Å²) < 4.78 is 15.0. The highest BCUT2D eigenvalue weighted by Gasteiger charge is 2.36. The normalized spacial score (nSPS) is 15.3. The molecule has 26 heavy (non-hydrogen) atoms. The summed E-state index contributed by atoms with van der Waals surface area (Å²) in [6.45, 7) is -0.980. The van der Waals surface area contributed by atoms with E-state index in [0.717, 1.165) is 0 Å². The van der Waals surface area contributed by atoms with E-state index in [4.69, 9.17) is 14.6 Å². The molecule has 0 saturated carbocycles. The van der Waals surface area contributed by atoms with Gasteiger partial charge in [-0.05, 0) is 35.5 Å². The lowest BCUT2D eigenvalue weighted by Crippen LogP contribution is -2.33. The Bertz CT molecular complexity index is 788. The Morgan fingerprint density at radius 2 is 1.96 bits per heavy atom. The Hall–Kier alpha value is -3.01. The maximum absolute atomic E-state index is 12.1. The quantitative estimate of drug-likeness (QED) is 0.551. The van der Waals surface area contributed by atoms with Crippen molar-refractivity contribution in [2.24, 2.45) is 0 Å². The van der Waals surface area contributed by atoms with Gasteiger partial charge >= 0.3 is 11.9 Å². The fourth-order valence-corrected chi connectivity index (χ4v) is 2.85. The van der Waals surface area contributed by atoms with Crippen molar-refractivity contribution < 1.29 is 38.5 Å². The molecule has 2 amide bonds. The first kappa shape index (κ1) is 19.3. The van der Waals surface area contributed by atoms with Crippen molar-refractivity contribution in [3.63, 3.8) is 0 Å². The molecular weight excluding hydrogens is 366 g/mol. The number of hydrogen-bond donors (Lipinski definition) is 1. The second-order valence-electron chi connectivity index (χ2n) is 4.94. The van der Waals surface area contributed by atoms with E-state index >= 15 is 0 Å². The van der Waals surface area contributed by atoms with Crippen molar-refractivity contribution >= 4 is 40.9 Å². The standard InChI is InChI=1S/C16H15NO8S/c1-23-11-5-9(3-4-10(11)25-8-14(20)24-2)6-12-15(21)17(7-13(18)19)16(22)26-12/h3-6H,7-8H2,1-2H3,(H,18,19)/b12-6+. The molecule has 1 aromatic rings. The summed E-state index contributed by atoms with van der Waals surface area (Å²) in [5, 5.41) is 8.11. The Morgan fingerprint density at radius 3 is 2.58 bits per heavy atom. The van der Waals surface area contributed by atoms with Gasteiger partial charge in [-0.15, -0.1) is 0 Å². The minimum atomic E-state index is -1.28. The molecule has 1 aliphatic heterocycles. The summed E-state index contributed by atoms with van der Waals surface area (Å²) in [5.74, 6) is -1.89. The zero-order valence-corrected chi connectivity index (χ0v) is 14.7. The third-order valence-corrected chi connectivity index (χ3v) is 4.13. The van der Waals surface area contributed by atoms with Crippen molar-refractivity contribution in [3.05, 3.63) is 28.7 Å². The van der Waals surface area contributed by atoms with E-state index in [1.807, 2.05) is 0 Å². The monoisotopic (exact) mass is 381 g/mol. The summed E-state index contributed by atoms with van der Waals surface area (Å²) in [5.41, 5.74) is 0.535. The van der Waals surface area contributed by atoms with E-state index in [-0.39, 0.29) is 11.5 Å². The van der Waals surface area contributed by atoms with Crippen molar-refractivity contribution in [3.8, 4) is 11.5 Å². The molecule has 0 atom stereocenters. The van der Waals surface area contributed by atoms with E-state index in [1.165, 1.54) is 26.4 Å². The van der Waals surface area contributed by atoms with Gasteiger partial charge in [-0.3, -0.25) is 19.3 Å². The van der Waals surface area contributed by atoms with Crippen LogP contribution in [0.5, 0.6) is 11.5 Å². The lowest BCUT2D eigenvalue weighted by Gasteiger charge is -2.10. The molecule has 1 heterocycles. The summed E-state index contributed by atoms with van der Waals surface area (Å²) in [4.78, 5) is 46.5. The van der Waals surface area contributed by atoms with Crippen LogP contribution in [0.15, 0.2) is 23.1 Å². The van der Waals surface area contributed by atoms with Gasteiger partial charge in [0.05, 0.1) is 19.1 Å². The third-order valence-electron chi connectivity index (χ3n) is 3.23.